The van der Waals surface area contributed by atoms with Gasteiger partial charge in [-0.3, -0.25) is 0 Å². The lowest BCUT2D eigenvalue weighted by Crippen LogP contribution is -2.30. The largest absolute Gasteiger partial charge is 0.353 e. The number of hydrogen-bond acceptors (Lipinski definition) is 3. The van der Waals surface area contributed by atoms with E-state index < -0.39 is 0 Å². The van der Waals surface area contributed by atoms with E-state index in [0.717, 1.165) is 24.7 Å². The molecule has 0 saturated heterocycles. The summed E-state index contributed by atoms with van der Waals surface area (Å²) < 4.78 is 2.20. The van der Waals surface area contributed by atoms with Crippen LogP contribution >= 0.6 is 0 Å². The number of imidazole rings is 1. The summed E-state index contributed by atoms with van der Waals surface area (Å²) >= 11 is 0. The van der Waals surface area contributed by atoms with Crippen molar-refractivity contribution >= 4 is 5.95 Å². The van der Waals surface area contributed by atoms with Crippen molar-refractivity contribution in [1.29, 1.82) is 0 Å². The molecule has 0 bridgehead atoms. The SMILES string of the molecule is Cc1cn(CCN(C)C(C)C)c(NC(C)C)n1. The minimum atomic E-state index is 0.415. The maximum absolute atomic E-state index is 4.51. The van der Waals surface area contributed by atoms with Crippen LogP contribution in [0.2, 0.25) is 0 Å². The minimum absolute atomic E-state index is 0.415. The monoisotopic (exact) mass is 238 g/mol. The quantitative estimate of drug-likeness (QED) is 0.826. The number of rotatable bonds is 6. The first kappa shape index (κ1) is 14.0. The molecule has 98 valence electrons. The summed E-state index contributed by atoms with van der Waals surface area (Å²) in [6.45, 7) is 12.8. The zero-order valence-corrected chi connectivity index (χ0v) is 12.0. The molecule has 0 spiro atoms. The molecule has 1 rings (SSSR count). The first-order valence-corrected chi connectivity index (χ1v) is 6.40. The molecular formula is C13H26N4. The van der Waals surface area contributed by atoms with E-state index in [1.807, 2.05) is 6.92 Å². The summed E-state index contributed by atoms with van der Waals surface area (Å²) in [4.78, 5) is 6.85. The van der Waals surface area contributed by atoms with Crippen LogP contribution in [0, 0.1) is 6.92 Å². The Kier molecular flexibility index (Phi) is 5.00. The number of aryl methyl sites for hydroxylation is 1. The lowest BCUT2D eigenvalue weighted by molar-refractivity contribution is 0.263. The highest BCUT2D eigenvalue weighted by Gasteiger charge is 2.08. The number of aromatic nitrogens is 2. The van der Waals surface area contributed by atoms with Crippen molar-refractivity contribution < 1.29 is 0 Å². The second kappa shape index (κ2) is 6.05. The fourth-order valence-corrected chi connectivity index (χ4v) is 1.61. The van der Waals surface area contributed by atoms with Crippen LogP contribution in [0.4, 0.5) is 5.95 Å². The molecule has 1 aromatic heterocycles. The second-order valence-corrected chi connectivity index (χ2v) is 5.27. The molecule has 1 aromatic rings. The Labute approximate surface area is 105 Å². The molecule has 0 aliphatic carbocycles. The van der Waals surface area contributed by atoms with E-state index in [1.165, 1.54) is 0 Å². The van der Waals surface area contributed by atoms with Crippen molar-refractivity contribution in [1.82, 2.24) is 14.5 Å². The Bertz CT molecular complexity index is 341. The lowest BCUT2D eigenvalue weighted by atomic mass is 10.3. The predicted octanol–water partition coefficient (Wildman–Crippen LogP) is 2.35. The van der Waals surface area contributed by atoms with Crippen molar-refractivity contribution in [3.05, 3.63) is 11.9 Å². The molecule has 17 heavy (non-hydrogen) atoms. The summed E-state index contributed by atoms with van der Waals surface area (Å²) in [6, 6.07) is 1.000. The number of nitrogens with zero attached hydrogens (tertiary/aromatic N) is 3. The van der Waals surface area contributed by atoms with Gasteiger partial charge in [0.15, 0.2) is 0 Å². The molecule has 4 nitrogen and oxygen atoms in total. The molecule has 0 atom stereocenters. The summed E-state index contributed by atoms with van der Waals surface area (Å²) in [5, 5.41) is 3.38. The number of likely N-dealkylation sites (N-methyl/N-ethyl adjacent to an activating group) is 1. The van der Waals surface area contributed by atoms with E-state index in [2.05, 4.69) is 60.7 Å². The molecule has 1 N–H and O–H groups in total. The molecule has 0 aliphatic rings. The first-order chi connectivity index (χ1) is 7.90. The average Bonchev–Trinajstić information content (AvgIpc) is 2.54. The predicted molar refractivity (Wildman–Crippen MR) is 73.5 cm³/mol. The van der Waals surface area contributed by atoms with E-state index in [1.54, 1.807) is 0 Å². The van der Waals surface area contributed by atoms with Gasteiger partial charge in [-0.05, 0) is 41.7 Å². The molecule has 0 unspecified atom stereocenters. The van der Waals surface area contributed by atoms with E-state index in [0.29, 0.717) is 12.1 Å². The Balaban J connectivity index is 2.63. The standard InChI is InChI=1S/C13H26N4/c1-10(2)14-13-15-12(5)9-17(13)8-7-16(6)11(3)4/h9-11H,7-8H2,1-6H3,(H,14,15). The Morgan fingerprint density at radius 3 is 2.53 bits per heavy atom. The zero-order chi connectivity index (χ0) is 13.0. The van der Waals surface area contributed by atoms with E-state index >= 15 is 0 Å². The highest BCUT2D eigenvalue weighted by Crippen LogP contribution is 2.10. The van der Waals surface area contributed by atoms with Crippen LogP contribution in [-0.4, -0.2) is 40.1 Å². The molecule has 0 aliphatic heterocycles. The molecule has 0 radical (unpaired) electrons. The van der Waals surface area contributed by atoms with Gasteiger partial charge in [0.05, 0.1) is 5.69 Å². The maximum atomic E-state index is 4.51. The number of hydrogen-bond donors (Lipinski definition) is 1. The Morgan fingerprint density at radius 2 is 2.00 bits per heavy atom. The van der Waals surface area contributed by atoms with Gasteiger partial charge in [-0.2, -0.15) is 0 Å². The fraction of sp³-hybridized carbons (Fsp3) is 0.769. The fourth-order valence-electron chi connectivity index (χ4n) is 1.61. The lowest BCUT2D eigenvalue weighted by Gasteiger charge is -2.21. The second-order valence-electron chi connectivity index (χ2n) is 5.27. The maximum Gasteiger partial charge on any atom is 0.203 e. The van der Waals surface area contributed by atoms with Crippen molar-refractivity contribution in [3.63, 3.8) is 0 Å². The first-order valence-electron chi connectivity index (χ1n) is 6.40. The summed E-state index contributed by atoms with van der Waals surface area (Å²) in [5.74, 6) is 0.981. The minimum Gasteiger partial charge on any atom is -0.353 e. The third-order valence-electron chi connectivity index (χ3n) is 2.89. The van der Waals surface area contributed by atoms with Gasteiger partial charge in [0.25, 0.3) is 0 Å². The summed E-state index contributed by atoms with van der Waals surface area (Å²) in [6.07, 6.45) is 2.11. The van der Waals surface area contributed by atoms with Crippen molar-refractivity contribution in [2.24, 2.45) is 0 Å². The van der Waals surface area contributed by atoms with E-state index in [9.17, 15) is 0 Å². The van der Waals surface area contributed by atoms with E-state index in [4.69, 9.17) is 0 Å². The van der Waals surface area contributed by atoms with Crippen molar-refractivity contribution in [2.75, 3.05) is 18.9 Å². The van der Waals surface area contributed by atoms with Crippen LogP contribution in [-0.2, 0) is 6.54 Å². The van der Waals surface area contributed by atoms with Gasteiger partial charge in [0.1, 0.15) is 0 Å². The third-order valence-corrected chi connectivity index (χ3v) is 2.89. The van der Waals surface area contributed by atoms with Crippen LogP contribution in [0.15, 0.2) is 6.20 Å². The molecular weight excluding hydrogens is 212 g/mol. The number of nitrogens with one attached hydrogen (secondary N) is 1. The molecule has 4 heteroatoms. The van der Waals surface area contributed by atoms with Crippen LogP contribution in [0.1, 0.15) is 33.4 Å². The highest BCUT2D eigenvalue weighted by molar-refractivity contribution is 5.29. The Hall–Kier alpha value is -1.03. The zero-order valence-electron chi connectivity index (χ0n) is 12.0. The van der Waals surface area contributed by atoms with Gasteiger partial charge in [-0.1, -0.05) is 0 Å². The smallest absolute Gasteiger partial charge is 0.203 e. The van der Waals surface area contributed by atoms with Crippen molar-refractivity contribution in [2.45, 2.75) is 53.2 Å². The van der Waals surface area contributed by atoms with Crippen molar-refractivity contribution in [3.8, 4) is 0 Å². The average molecular weight is 238 g/mol. The highest BCUT2D eigenvalue weighted by atomic mass is 15.2. The molecule has 0 aromatic carbocycles. The number of anilines is 1. The van der Waals surface area contributed by atoms with Gasteiger partial charge < -0.3 is 14.8 Å². The van der Waals surface area contributed by atoms with Gasteiger partial charge in [0, 0.05) is 31.4 Å². The molecule has 1 heterocycles. The topological polar surface area (TPSA) is 33.1 Å². The van der Waals surface area contributed by atoms with Gasteiger partial charge in [-0.25, -0.2) is 4.98 Å². The van der Waals surface area contributed by atoms with Crippen LogP contribution in [0.5, 0.6) is 0 Å². The van der Waals surface area contributed by atoms with Crippen LogP contribution < -0.4 is 5.32 Å². The van der Waals surface area contributed by atoms with Gasteiger partial charge in [-0.15, -0.1) is 0 Å². The molecule has 0 saturated carbocycles. The summed E-state index contributed by atoms with van der Waals surface area (Å²) in [5.41, 5.74) is 1.07. The Morgan fingerprint density at radius 1 is 1.35 bits per heavy atom. The van der Waals surface area contributed by atoms with Gasteiger partial charge >= 0.3 is 0 Å². The van der Waals surface area contributed by atoms with E-state index in [-0.39, 0.29) is 0 Å². The van der Waals surface area contributed by atoms with Crippen LogP contribution in [0.25, 0.3) is 0 Å². The normalized spacial score (nSPS) is 11.8. The summed E-state index contributed by atoms with van der Waals surface area (Å²) in [7, 11) is 2.16. The van der Waals surface area contributed by atoms with Gasteiger partial charge in [0.2, 0.25) is 5.95 Å². The third kappa shape index (κ3) is 4.38. The van der Waals surface area contributed by atoms with Crippen LogP contribution in [0.3, 0.4) is 0 Å². The molecule has 0 fully saturated rings. The molecule has 0 amide bonds.